The molecule has 0 aliphatic carbocycles. The molecule has 0 spiro atoms. The van der Waals surface area contributed by atoms with Gasteiger partial charge < -0.3 is 20.3 Å². The fourth-order valence-electron chi connectivity index (χ4n) is 4.42. The Balaban J connectivity index is 1.34. The minimum Gasteiger partial charge on any atom is -0.465 e. The van der Waals surface area contributed by atoms with Gasteiger partial charge in [-0.1, -0.05) is 18.2 Å². The molecule has 4 aromatic rings. The van der Waals surface area contributed by atoms with Crippen molar-refractivity contribution < 1.29 is 9.90 Å². The molecule has 3 aromatic heterocycles. The first kappa shape index (κ1) is 21.7. The molecule has 1 fully saturated rings. The van der Waals surface area contributed by atoms with Crippen LogP contribution in [0.3, 0.4) is 0 Å². The maximum Gasteiger partial charge on any atom is 0.407 e. The van der Waals surface area contributed by atoms with E-state index in [2.05, 4.69) is 39.1 Å². The van der Waals surface area contributed by atoms with Gasteiger partial charge in [0, 0.05) is 48.7 Å². The molecular formula is C25H27N7O2. The molecule has 0 atom stereocenters. The molecule has 1 aliphatic rings. The SMILES string of the molecule is C=CCCn1cc(-c2nc(Nc3ccc(C4CCN(C(=O)O)CC4)cc3)nc3[nH]ccc23)cn1. The highest BCUT2D eigenvalue weighted by Crippen LogP contribution is 2.30. The van der Waals surface area contributed by atoms with Crippen LogP contribution in [0.1, 0.15) is 30.7 Å². The van der Waals surface area contributed by atoms with Crippen molar-refractivity contribution in [2.45, 2.75) is 31.7 Å². The minimum atomic E-state index is -0.833. The van der Waals surface area contributed by atoms with Crippen molar-refractivity contribution in [3.05, 3.63) is 67.1 Å². The Morgan fingerprint density at radius 1 is 1.21 bits per heavy atom. The Labute approximate surface area is 197 Å². The van der Waals surface area contributed by atoms with Crippen molar-refractivity contribution in [1.82, 2.24) is 29.6 Å². The van der Waals surface area contributed by atoms with Crippen LogP contribution in [0.5, 0.6) is 0 Å². The molecule has 1 saturated heterocycles. The Bertz CT molecular complexity index is 1300. The average Bonchev–Trinajstić information content (AvgIpc) is 3.52. The summed E-state index contributed by atoms with van der Waals surface area (Å²) in [5.41, 5.74) is 4.63. The highest BCUT2D eigenvalue weighted by Gasteiger charge is 2.23. The molecule has 1 aromatic carbocycles. The number of aromatic nitrogens is 5. The number of likely N-dealkylation sites (tertiary alicyclic amines) is 1. The lowest BCUT2D eigenvalue weighted by Crippen LogP contribution is -2.36. The summed E-state index contributed by atoms with van der Waals surface area (Å²) in [6.45, 7) is 5.71. The number of aromatic amines is 1. The number of nitrogens with zero attached hydrogens (tertiary/aromatic N) is 5. The first-order chi connectivity index (χ1) is 16.6. The van der Waals surface area contributed by atoms with Crippen LogP contribution in [0.15, 0.2) is 61.6 Å². The normalized spacial score (nSPS) is 14.4. The van der Waals surface area contributed by atoms with E-state index in [0.717, 1.165) is 53.8 Å². The van der Waals surface area contributed by atoms with E-state index in [1.807, 2.05) is 47.5 Å². The Kier molecular flexibility index (Phi) is 5.99. The standard InChI is InChI=1S/C25H27N7O2/c1-2-3-12-32-16-19(15-27-32)22-21-8-11-26-23(21)30-24(29-22)28-20-6-4-17(5-7-20)18-9-13-31(14-10-18)25(33)34/h2,4-8,11,15-16,18H,1,3,9-10,12-14H2,(H,33,34)(H2,26,28,29,30). The number of piperidine rings is 1. The van der Waals surface area contributed by atoms with Gasteiger partial charge in [0.15, 0.2) is 0 Å². The summed E-state index contributed by atoms with van der Waals surface area (Å²) >= 11 is 0. The van der Waals surface area contributed by atoms with Crippen molar-refractivity contribution in [2.24, 2.45) is 0 Å². The lowest BCUT2D eigenvalue weighted by Gasteiger charge is -2.30. The predicted molar refractivity (Wildman–Crippen MR) is 131 cm³/mol. The van der Waals surface area contributed by atoms with Gasteiger partial charge in [0.2, 0.25) is 5.95 Å². The Morgan fingerprint density at radius 2 is 2.00 bits per heavy atom. The van der Waals surface area contributed by atoms with Gasteiger partial charge in [0.05, 0.1) is 11.9 Å². The van der Waals surface area contributed by atoms with Gasteiger partial charge in [-0.05, 0) is 48.9 Å². The molecule has 1 amide bonds. The number of amides is 1. The zero-order valence-electron chi connectivity index (χ0n) is 18.8. The van der Waals surface area contributed by atoms with E-state index in [1.54, 1.807) is 0 Å². The number of allylic oxidation sites excluding steroid dienone is 1. The molecule has 9 heteroatoms. The van der Waals surface area contributed by atoms with Gasteiger partial charge >= 0.3 is 6.09 Å². The van der Waals surface area contributed by atoms with Gasteiger partial charge in [-0.25, -0.2) is 9.78 Å². The second-order valence-corrected chi connectivity index (χ2v) is 8.50. The molecule has 174 valence electrons. The summed E-state index contributed by atoms with van der Waals surface area (Å²) < 4.78 is 1.89. The van der Waals surface area contributed by atoms with Crippen molar-refractivity contribution in [1.29, 1.82) is 0 Å². The first-order valence-electron chi connectivity index (χ1n) is 11.4. The number of hydrogen-bond acceptors (Lipinski definition) is 5. The molecular weight excluding hydrogens is 430 g/mol. The molecule has 0 radical (unpaired) electrons. The van der Waals surface area contributed by atoms with Crippen molar-refractivity contribution >= 4 is 28.8 Å². The zero-order chi connectivity index (χ0) is 23.5. The van der Waals surface area contributed by atoms with Gasteiger partial charge in [-0.3, -0.25) is 4.68 Å². The van der Waals surface area contributed by atoms with E-state index in [4.69, 9.17) is 10.1 Å². The number of carboxylic acid groups (broad SMARTS) is 1. The molecule has 0 unspecified atom stereocenters. The van der Waals surface area contributed by atoms with Gasteiger partial charge in [-0.2, -0.15) is 10.1 Å². The van der Waals surface area contributed by atoms with E-state index in [0.29, 0.717) is 25.0 Å². The van der Waals surface area contributed by atoms with Crippen LogP contribution in [-0.4, -0.2) is 53.9 Å². The van der Waals surface area contributed by atoms with E-state index in [1.165, 1.54) is 10.5 Å². The second-order valence-electron chi connectivity index (χ2n) is 8.50. The Morgan fingerprint density at radius 3 is 2.74 bits per heavy atom. The number of H-pyrrole nitrogens is 1. The molecule has 0 saturated carbocycles. The second kappa shape index (κ2) is 9.38. The number of rotatable bonds is 7. The summed E-state index contributed by atoms with van der Waals surface area (Å²) in [4.78, 5) is 25.2. The maximum atomic E-state index is 11.1. The van der Waals surface area contributed by atoms with E-state index >= 15 is 0 Å². The van der Waals surface area contributed by atoms with Crippen LogP contribution in [0.2, 0.25) is 0 Å². The molecule has 34 heavy (non-hydrogen) atoms. The van der Waals surface area contributed by atoms with Crippen LogP contribution in [-0.2, 0) is 6.54 Å². The number of anilines is 2. The van der Waals surface area contributed by atoms with E-state index < -0.39 is 6.09 Å². The summed E-state index contributed by atoms with van der Waals surface area (Å²) in [5.74, 6) is 0.881. The fraction of sp³-hybridized carbons (Fsp3) is 0.280. The van der Waals surface area contributed by atoms with Crippen LogP contribution in [0.4, 0.5) is 16.4 Å². The lowest BCUT2D eigenvalue weighted by molar-refractivity contribution is 0.132. The quantitative estimate of drug-likeness (QED) is 0.337. The summed E-state index contributed by atoms with van der Waals surface area (Å²) in [6.07, 6.45) is 9.26. The van der Waals surface area contributed by atoms with E-state index in [-0.39, 0.29) is 0 Å². The molecule has 9 nitrogen and oxygen atoms in total. The van der Waals surface area contributed by atoms with Crippen molar-refractivity contribution in [2.75, 3.05) is 18.4 Å². The third-order valence-corrected chi connectivity index (χ3v) is 6.29. The maximum absolute atomic E-state index is 11.1. The van der Waals surface area contributed by atoms with Gasteiger partial charge in [0.1, 0.15) is 5.65 Å². The minimum absolute atomic E-state index is 0.375. The smallest absolute Gasteiger partial charge is 0.407 e. The number of nitrogens with one attached hydrogen (secondary N) is 2. The highest BCUT2D eigenvalue weighted by atomic mass is 16.4. The third-order valence-electron chi connectivity index (χ3n) is 6.29. The molecule has 0 bridgehead atoms. The topological polar surface area (TPSA) is 112 Å². The molecule has 5 rings (SSSR count). The predicted octanol–water partition coefficient (Wildman–Crippen LogP) is 5.00. The van der Waals surface area contributed by atoms with Crippen LogP contribution < -0.4 is 5.32 Å². The third kappa shape index (κ3) is 4.50. The number of carbonyl (C=O) groups is 1. The average molecular weight is 458 g/mol. The molecule has 3 N–H and O–H groups in total. The van der Waals surface area contributed by atoms with Gasteiger partial charge in [0.25, 0.3) is 0 Å². The lowest BCUT2D eigenvalue weighted by atomic mass is 9.89. The monoisotopic (exact) mass is 457 g/mol. The number of benzene rings is 1. The van der Waals surface area contributed by atoms with Crippen LogP contribution >= 0.6 is 0 Å². The van der Waals surface area contributed by atoms with Gasteiger partial charge in [-0.15, -0.1) is 6.58 Å². The summed E-state index contributed by atoms with van der Waals surface area (Å²) in [7, 11) is 0. The van der Waals surface area contributed by atoms with E-state index in [9.17, 15) is 4.79 Å². The molecule has 4 heterocycles. The number of aryl methyl sites for hydroxylation is 1. The summed E-state index contributed by atoms with van der Waals surface area (Å²) in [6, 6.07) is 10.2. The largest absolute Gasteiger partial charge is 0.465 e. The molecule has 1 aliphatic heterocycles. The van der Waals surface area contributed by atoms with Crippen LogP contribution in [0.25, 0.3) is 22.3 Å². The number of fused-ring (bicyclic) bond motifs is 1. The number of hydrogen-bond donors (Lipinski definition) is 3. The van der Waals surface area contributed by atoms with Crippen molar-refractivity contribution in [3.63, 3.8) is 0 Å². The highest BCUT2D eigenvalue weighted by molar-refractivity contribution is 5.91. The zero-order valence-corrected chi connectivity index (χ0v) is 18.8. The first-order valence-corrected chi connectivity index (χ1v) is 11.4. The fourth-order valence-corrected chi connectivity index (χ4v) is 4.42. The van der Waals surface area contributed by atoms with Crippen LogP contribution in [0, 0.1) is 0 Å². The Hall–Kier alpha value is -4.14. The summed E-state index contributed by atoms with van der Waals surface area (Å²) in [5, 5.41) is 17.9. The van der Waals surface area contributed by atoms with Crippen molar-refractivity contribution in [3.8, 4) is 11.3 Å².